The van der Waals surface area contributed by atoms with Crippen molar-refractivity contribution in [2.24, 2.45) is 5.92 Å². The van der Waals surface area contributed by atoms with Gasteiger partial charge in [0.15, 0.2) is 0 Å². The Morgan fingerprint density at radius 3 is 2.79 bits per heavy atom. The average molecular weight is 422 g/mol. The molecule has 1 aromatic carbocycles. The van der Waals surface area contributed by atoms with E-state index in [9.17, 15) is 9.59 Å². The molecule has 0 bridgehead atoms. The molecule has 28 heavy (non-hydrogen) atoms. The largest absolute Gasteiger partial charge is 0.497 e. The Morgan fingerprint density at radius 1 is 1.32 bits per heavy atom. The van der Waals surface area contributed by atoms with Gasteiger partial charge in [0.2, 0.25) is 0 Å². The monoisotopic (exact) mass is 421 g/mol. The summed E-state index contributed by atoms with van der Waals surface area (Å²) < 4.78 is 16.4. The third kappa shape index (κ3) is 5.26. The first-order chi connectivity index (χ1) is 13.5. The van der Waals surface area contributed by atoms with Gasteiger partial charge < -0.3 is 18.8 Å². The molecule has 0 amide bonds. The Morgan fingerprint density at radius 2 is 2.07 bits per heavy atom. The number of thiocarbonyl (C=S) groups is 1. The molecule has 1 fully saturated rings. The van der Waals surface area contributed by atoms with Crippen LogP contribution in [0.3, 0.4) is 0 Å². The normalized spacial score (nSPS) is 14.9. The summed E-state index contributed by atoms with van der Waals surface area (Å²) in [5.74, 6) is 1.10. The maximum absolute atomic E-state index is 12.1. The van der Waals surface area contributed by atoms with E-state index in [1.54, 1.807) is 18.2 Å². The number of likely N-dealkylation sites (tertiary alicyclic amines) is 1. The molecule has 3 rings (SSSR count). The SMILES string of the molecule is COc1ccc2c(COC(=O)CSC(=S)N3CCC(C)CC3)cc(=O)oc2c1. The van der Waals surface area contributed by atoms with Crippen molar-refractivity contribution in [3.63, 3.8) is 0 Å². The van der Waals surface area contributed by atoms with Crippen LogP contribution in [0.4, 0.5) is 0 Å². The van der Waals surface area contributed by atoms with Gasteiger partial charge in [-0.25, -0.2) is 4.79 Å². The van der Waals surface area contributed by atoms with Gasteiger partial charge >= 0.3 is 11.6 Å². The zero-order valence-electron chi connectivity index (χ0n) is 15.9. The van der Waals surface area contributed by atoms with Crippen LogP contribution in [0.2, 0.25) is 0 Å². The van der Waals surface area contributed by atoms with Crippen molar-refractivity contribution in [2.45, 2.75) is 26.4 Å². The number of fused-ring (bicyclic) bond motifs is 1. The second-order valence-corrected chi connectivity index (χ2v) is 8.45. The van der Waals surface area contributed by atoms with Gasteiger partial charge in [-0.15, -0.1) is 0 Å². The van der Waals surface area contributed by atoms with Crippen LogP contribution in [-0.2, 0) is 16.1 Å². The Balaban J connectivity index is 1.56. The van der Waals surface area contributed by atoms with Gasteiger partial charge in [-0.1, -0.05) is 30.9 Å². The fraction of sp³-hybridized carbons (Fsp3) is 0.450. The van der Waals surface area contributed by atoms with Gasteiger partial charge in [-0.3, -0.25) is 4.79 Å². The second-order valence-electron chi connectivity index (χ2n) is 6.84. The Bertz CT molecular complexity index is 918. The molecule has 1 saturated heterocycles. The van der Waals surface area contributed by atoms with Gasteiger partial charge in [-0.2, -0.15) is 0 Å². The lowest BCUT2D eigenvalue weighted by Crippen LogP contribution is -2.35. The minimum atomic E-state index is -0.498. The summed E-state index contributed by atoms with van der Waals surface area (Å²) >= 11 is 6.75. The molecule has 0 atom stereocenters. The molecular formula is C20H23NO5S2. The highest BCUT2D eigenvalue weighted by Crippen LogP contribution is 2.23. The third-order valence-corrected chi connectivity index (χ3v) is 6.28. The molecule has 6 nitrogen and oxygen atoms in total. The summed E-state index contributed by atoms with van der Waals surface area (Å²) in [7, 11) is 1.54. The standard InChI is InChI=1S/C20H23NO5S2/c1-13-5-7-21(8-6-13)20(27)28-12-19(23)25-11-14-9-18(22)26-17-10-15(24-2)3-4-16(14)17/h3-4,9-10,13H,5-8,11-12H2,1-2H3. The van der Waals surface area contributed by atoms with E-state index in [0.29, 0.717) is 22.3 Å². The van der Waals surface area contributed by atoms with Crippen LogP contribution in [0, 0.1) is 5.92 Å². The lowest BCUT2D eigenvalue weighted by molar-refractivity contribution is -0.141. The topological polar surface area (TPSA) is 69.0 Å². The first-order valence-electron chi connectivity index (χ1n) is 9.14. The average Bonchev–Trinajstić information content (AvgIpc) is 2.70. The summed E-state index contributed by atoms with van der Waals surface area (Å²) in [5, 5.41) is 0.707. The highest BCUT2D eigenvalue weighted by atomic mass is 32.2. The molecule has 1 aliphatic rings. The quantitative estimate of drug-likeness (QED) is 0.412. The lowest BCUT2D eigenvalue weighted by Gasteiger charge is -2.31. The Hall–Kier alpha value is -2.06. The number of thioether (sulfide) groups is 1. The molecule has 0 unspecified atom stereocenters. The van der Waals surface area contributed by atoms with Gasteiger partial charge in [0, 0.05) is 36.2 Å². The number of ether oxygens (including phenoxy) is 2. The number of carbonyl (C=O) groups excluding carboxylic acids is 1. The van der Waals surface area contributed by atoms with Crippen LogP contribution in [0.15, 0.2) is 33.5 Å². The molecule has 8 heteroatoms. The third-order valence-electron chi connectivity index (χ3n) is 4.78. The second kappa shape index (κ2) is 9.43. The van der Waals surface area contributed by atoms with Crippen LogP contribution in [0.1, 0.15) is 25.3 Å². The van der Waals surface area contributed by atoms with Crippen LogP contribution in [0.25, 0.3) is 11.0 Å². The number of benzene rings is 1. The molecule has 0 saturated carbocycles. The number of piperidine rings is 1. The number of nitrogens with zero attached hydrogens (tertiary/aromatic N) is 1. The fourth-order valence-electron chi connectivity index (χ4n) is 3.06. The van der Waals surface area contributed by atoms with Gasteiger partial charge in [0.1, 0.15) is 22.3 Å². The zero-order chi connectivity index (χ0) is 20.1. The minimum Gasteiger partial charge on any atom is -0.497 e. The molecule has 1 aromatic heterocycles. The van der Waals surface area contributed by atoms with Crippen LogP contribution >= 0.6 is 24.0 Å². The van der Waals surface area contributed by atoms with E-state index in [1.807, 2.05) is 0 Å². The number of methoxy groups -OCH3 is 1. The molecule has 150 valence electrons. The molecule has 0 spiro atoms. The van der Waals surface area contributed by atoms with E-state index in [0.717, 1.165) is 36.2 Å². The van der Waals surface area contributed by atoms with Crippen molar-refractivity contribution in [1.82, 2.24) is 4.90 Å². The van der Waals surface area contributed by atoms with Crippen LogP contribution in [-0.4, -0.2) is 41.1 Å². The summed E-state index contributed by atoms with van der Waals surface area (Å²) in [6.45, 7) is 4.13. The predicted molar refractivity (Wildman–Crippen MR) is 114 cm³/mol. The Kier molecular flexibility index (Phi) is 6.96. The van der Waals surface area contributed by atoms with E-state index in [-0.39, 0.29) is 18.3 Å². The van der Waals surface area contributed by atoms with Crippen LogP contribution in [0.5, 0.6) is 5.75 Å². The summed E-state index contributed by atoms with van der Waals surface area (Å²) in [4.78, 5) is 26.1. The maximum atomic E-state index is 12.1. The molecule has 0 N–H and O–H groups in total. The van der Waals surface area contributed by atoms with Gasteiger partial charge in [0.05, 0.1) is 12.9 Å². The molecule has 0 radical (unpaired) electrons. The number of hydrogen-bond acceptors (Lipinski definition) is 7. The molecule has 1 aliphatic heterocycles. The highest BCUT2D eigenvalue weighted by Gasteiger charge is 2.19. The van der Waals surface area contributed by atoms with E-state index < -0.39 is 5.63 Å². The van der Waals surface area contributed by atoms with Gasteiger partial charge in [0.25, 0.3) is 0 Å². The highest BCUT2D eigenvalue weighted by molar-refractivity contribution is 8.23. The minimum absolute atomic E-state index is 0.00180. The summed E-state index contributed by atoms with van der Waals surface area (Å²) in [6, 6.07) is 6.52. The number of esters is 1. The Labute approximate surface area is 173 Å². The smallest absolute Gasteiger partial charge is 0.336 e. The van der Waals surface area contributed by atoms with E-state index in [1.165, 1.54) is 24.9 Å². The number of rotatable bonds is 5. The van der Waals surface area contributed by atoms with E-state index >= 15 is 0 Å². The first kappa shape index (κ1) is 20.7. The first-order valence-corrected chi connectivity index (χ1v) is 10.5. The number of hydrogen-bond donors (Lipinski definition) is 0. The van der Waals surface area contributed by atoms with Gasteiger partial charge in [-0.05, 0) is 30.9 Å². The van der Waals surface area contributed by atoms with E-state index in [4.69, 9.17) is 26.1 Å². The molecule has 2 heterocycles. The zero-order valence-corrected chi connectivity index (χ0v) is 17.6. The maximum Gasteiger partial charge on any atom is 0.336 e. The van der Waals surface area contributed by atoms with Crippen molar-refractivity contribution in [3.05, 3.63) is 40.2 Å². The molecular weight excluding hydrogens is 398 g/mol. The fourth-order valence-corrected chi connectivity index (χ4v) is 4.11. The number of carbonyl (C=O) groups is 1. The van der Waals surface area contributed by atoms with Crippen molar-refractivity contribution in [3.8, 4) is 5.75 Å². The molecule has 2 aromatic rings. The predicted octanol–water partition coefficient (Wildman–Crippen LogP) is 3.59. The van der Waals surface area contributed by atoms with Crippen molar-refractivity contribution < 1.29 is 18.7 Å². The summed E-state index contributed by atoms with van der Waals surface area (Å²) in [5.41, 5.74) is 0.495. The van der Waals surface area contributed by atoms with Crippen molar-refractivity contribution >= 4 is 45.2 Å². The summed E-state index contributed by atoms with van der Waals surface area (Å²) in [6.07, 6.45) is 2.25. The van der Waals surface area contributed by atoms with Crippen molar-refractivity contribution in [1.29, 1.82) is 0 Å². The molecule has 0 aliphatic carbocycles. The van der Waals surface area contributed by atoms with E-state index in [2.05, 4.69) is 11.8 Å². The van der Waals surface area contributed by atoms with Crippen LogP contribution < -0.4 is 10.4 Å². The lowest BCUT2D eigenvalue weighted by atomic mass is 10.00. The van der Waals surface area contributed by atoms with Crippen molar-refractivity contribution in [2.75, 3.05) is 26.0 Å².